The lowest BCUT2D eigenvalue weighted by Crippen LogP contribution is -2.09. The monoisotopic (exact) mass is 775 g/mol. The minimum absolute atomic E-state index is 1.09. The molecule has 0 atom stereocenters. The summed E-state index contributed by atoms with van der Waals surface area (Å²) in [5.74, 6) is 0. The van der Waals surface area contributed by atoms with Crippen LogP contribution in [0, 0.1) is 0 Å². The van der Waals surface area contributed by atoms with Crippen molar-refractivity contribution in [3.05, 3.63) is 249 Å². The van der Waals surface area contributed by atoms with Crippen LogP contribution < -0.4 is 4.90 Å². The van der Waals surface area contributed by atoms with E-state index in [0.717, 1.165) is 17.1 Å². The van der Waals surface area contributed by atoms with Gasteiger partial charge in [-0.2, -0.15) is 0 Å². The van der Waals surface area contributed by atoms with Gasteiger partial charge in [-0.25, -0.2) is 0 Å². The van der Waals surface area contributed by atoms with E-state index in [0.29, 0.717) is 0 Å². The zero-order valence-electron chi connectivity index (χ0n) is 33.6. The van der Waals surface area contributed by atoms with Gasteiger partial charge in [0, 0.05) is 17.1 Å². The van der Waals surface area contributed by atoms with E-state index < -0.39 is 0 Å². The van der Waals surface area contributed by atoms with Crippen LogP contribution in [0.5, 0.6) is 0 Å². The summed E-state index contributed by atoms with van der Waals surface area (Å²) in [6, 6.07) is 90.4. The quantitative estimate of drug-likeness (QED) is 0.139. The van der Waals surface area contributed by atoms with E-state index in [4.69, 9.17) is 0 Å². The van der Waals surface area contributed by atoms with Crippen molar-refractivity contribution in [2.45, 2.75) is 0 Å². The Kier molecular flexibility index (Phi) is 9.26. The standard InChI is InChI=1S/C60H41N/c1-3-14-42(15-4-1)48-32-39-56(43-16-5-2-6-17-43)59(40-48)46-28-35-51(36-29-46)61(50-33-26-45(27-34-50)54-25-13-20-44-18-7-9-21-53(44)54)52-37-30-47(31-38-52)60-41-49-19-8-10-22-55(49)57-23-11-12-24-58(57)60/h1-41H. The first kappa shape index (κ1) is 36.1. The molecule has 0 N–H and O–H groups in total. The predicted octanol–water partition coefficient (Wildman–Crippen LogP) is 17.0. The largest absolute Gasteiger partial charge is 0.311 e. The second-order valence-electron chi connectivity index (χ2n) is 15.7. The first-order chi connectivity index (χ1) is 30.2. The molecule has 11 aromatic carbocycles. The van der Waals surface area contributed by atoms with E-state index in [1.54, 1.807) is 0 Å². The van der Waals surface area contributed by atoms with Crippen LogP contribution in [0.2, 0.25) is 0 Å². The molecule has 0 heterocycles. The van der Waals surface area contributed by atoms with Gasteiger partial charge in [-0.15, -0.1) is 0 Å². The minimum Gasteiger partial charge on any atom is -0.311 e. The van der Waals surface area contributed by atoms with Crippen LogP contribution in [0.25, 0.3) is 88.0 Å². The molecule has 0 aliphatic heterocycles. The van der Waals surface area contributed by atoms with Crippen molar-refractivity contribution in [3.63, 3.8) is 0 Å². The number of fused-ring (bicyclic) bond motifs is 4. The summed E-state index contributed by atoms with van der Waals surface area (Å²) < 4.78 is 0. The van der Waals surface area contributed by atoms with Crippen LogP contribution in [0.15, 0.2) is 249 Å². The molecule has 0 unspecified atom stereocenters. The zero-order valence-corrected chi connectivity index (χ0v) is 33.6. The van der Waals surface area contributed by atoms with Gasteiger partial charge in [-0.05, 0) is 136 Å². The summed E-state index contributed by atoms with van der Waals surface area (Å²) in [5, 5.41) is 7.57. The van der Waals surface area contributed by atoms with Crippen molar-refractivity contribution >= 4 is 49.4 Å². The van der Waals surface area contributed by atoms with E-state index in [-0.39, 0.29) is 0 Å². The Morgan fingerprint density at radius 1 is 0.197 bits per heavy atom. The highest BCUT2D eigenvalue weighted by molar-refractivity contribution is 6.13. The number of nitrogens with zero attached hydrogens (tertiary/aromatic N) is 1. The van der Waals surface area contributed by atoms with Gasteiger partial charge in [0.05, 0.1) is 0 Å². The van der Waals surface area contributed by atoms with Crippen molar-refractivity contribution in [2.24, 2.45) is 0 Å². The summed E-state index contributed by atoms with van der Waals surface area (Å²) in [7, 11) is 0. The predicted molar refractivity (Wildman–Crippen MR) is 261 cm³/mol. The molecular formula is C60H41N. The van der Waals surface area contributed by atoms with Gasteiger partial charge in [0.25, 0.3) is 0 Å². The van der Waals surface area contributed by atoms with Gasteiger partial charge < -0.3 is 4.90 Å². The van der Waals surface area contributed by atoms with Gasteiger partial charge in [0.2, 0.25) is 0 Å². The summed E-state index contributed by atoms with van der Waals surface area (Å²) in [5.41, 5.74) is 15.3. The summed E-state index contributed by atoms with van der Waals surface area (Å²) in [6.45, 7) is 0. The third-order valence-corrected chi connectivity index (χ3v) is 12.1. The normalized spacial score (nSPS) is 11.3. The lowest BCUT2D eigenvalue weighted by molar-refractivity contribution is 1.28. The fourth-order valence-electron chi connectivity index (χ4n) is 9.05. The summed E-state index contributed by atoms with van der Waals surface area (Å²) in [6.07, 6.45) is 0. The lowest BCUT2D eigenvalue weighted by Gasteiger charge is -2.26. The van der Waals surface area contributed by atoms with Crippen molar-refractivity contribution in [1.29, 1.82) is 0 Å². The average molecular weight is 776 g/mol. The van der Waals surface area contributed by atoms with Gasteiger partial charge in [0.1, 0.15) is 0 Å². The number of hydrogen-bond acceptors (Lipinski definition) is 1. The van der Waals surface area contributed by atoms with E-state index in [1.807, 2.05) is 0 Å². The van der Waals surface area contributed by atoms with Crippen molar-refractivity contribution in [3.8, 4) is 55.6 Å². The molecule has 0 aliphatic rings. The number of benzene rings is 11. The molecule has 1 nitrogen and oxygen atoms in total. The molecule has 0 bridgehead atoms. The first-order valence-electron chi connectivity index (χ1n) is 21.0. The van der Waals surface area contributed by atoms with E-state index in [1.165, 1.54) is 88.0 Å². The molecule has 0 aliphatic carbocycles. The SMILES string of the molecule is c1ccc(-c2ccc(-c3ccccc3)c(-c3ccc(N(c4ccc(-c5cccc6ccccc56)cc4)c4ccc(-c5cc6ccccc6c6ccccc56)cc4)cc3)c2)cc1. The van der Waals surface area contributed by atoms with Crippen LogP contribution in [0.1, 0.15) is 0 Å². The zero-order chi connectivity index (χ0) is 40.5. The molecule has 0 spiro atoms. The second-order valence-corrected chi connectivity index (χ2v) is 15.7. The van der Waals surface area contributed by atoms with Crippen molar-refractivity contribution in [1.82, 2.24) is 0 Å². The highest BCUT2D eigenvalue weighted by Crippen LogP contribution is 2.42. The Morgan fingerprint density at radius 2 is 0.639 bits per heavy atom. The van der Waals surface area contributed by atoms with E-state index in [2.05, 4.69) is 254 Å². The molecule has 61 heavy (non-hydrogen) atoms. The molecule has 1 heteroatoms. The third kappa shape index (κ3) is 6.83. The van der Waals surface area contributed by atoms with Crippen LogP contribution in [0.3, 0.4) is 0 Å². The smallest absolute Gasteiger partial charge is 0.0462 e. The highest BCUT2D eigenvalue weighted by atomic mass is 15.1. The average Bonchev–Trinajstić information content (AvgIpc) is 3.35. The molecular weight excluding hydrogens is 735 g/mol. The molecule has 0 radical (unpaired) electrons. The Morgan fingerprint density at radius 3 is 1.28 bits per heavy atom. The minimum atomic E-state index is 1.09. The Bertz CT molecular complexity index is 3310. The molecule has 0 amide bonds. The summed E-state index contributed by atoms with van der Waals surface area (Å²) in [4.78, 5) is 2.37. The highest BCUT2D eigenvalue weighted by Gasteiger charge is 2.17. The van der Waals surface area contributed by atoms with Gasteiger partial charge >= 0.3 is 0 Å². The molecule has 286 valence electrons. The number of rotatable bonds is 8. The molecule has 0 saturated carbocycles. The fourth-order valence-corrected chi connectivity index (χ4v) is 9.05. The van der Waals surface area contributed by atoms with Crippen LogP contribution in [-0.4, -0.2) is 0 Å². The Labute approximate surface area is 357 Å². The van der Waals surface area contributed by atoms with Gasteiger partial charge in [-0.3, -0.25) is 0 Å². The number of anilines is 3. The summed E-state index contributed by atoms with van der Waals surface area (Å²) >= 11 is 0. The van der Waals surface area contributed by atoms with Crippen LogP contribution in [0.4, 0.5) is 17.1 Å². The van der Waals surface area contributed by atoms with Crippen molar-refractivity contribution < 1.29 is 0 Å². The topological polar surface area (TPSA) is 3.24 Å². The molecule has 0 fully saturated rings. The number of hydrogen-bond donors (Lipinski definition) is 0. The molecule has 0 aromatic heterocycles. The lowest BCUT2D eigenvalue weighted by atomic mass is 9.91. The molecule has 0 saturated heterocycles. The first-order valence-corrected chi connectivity index (χ1v) is 21.0. The molecule has 11 aromatic rings. The maximum absolute atomic E-state index is 2.37. The second kappa shape index (κ2) is 15.6. The van der Waals surface area contributed by atoms with Crippen molar-refractivity contribution in [2.75, 3.05) is 4.90 Å². The molecule has 11 rings (SSSR count). The van der Waals surface area contributed by atoms with E-state index >= 15 is 0 Å². The van der Waals surface area contributed by atoms with Gasteiger partial charge in [0.15, 0.2) is 0 Å². The Balaban J connectivity index is 1.02. The van der Waals surface area contributed by atoms with Crippen LogP contribution >= 0.6 is 0 Å². The Hall–Kier alpha value is -8.00. The fraction of sp³-hybridized carbons (Fsp3) is 0. The maximum atomic E-state index is 2.37. The van der Waals surface area contributed by atoms with Gasteiger partial charge in [-0.1, -0.05) is 200 Å². The van der Waals surface area contributed by atoms with Crippen LogP contribution in [-0.2, 0) is 0 Å². The maximum Gasteiger partial charge on any atom is 0.0462 e. The van der Waals surface area contributed by atoms with E-state index in [9.17, 15) is 0 Å². The third-order valence-electron chi connectivity index (χ3n) is 12.1.